The Morgan fingerprint density at radius 1 is 0.579 bits per heavy atom. The molecule has 0 saturated carbocycles. The minimum Gasteiger partial charge on any atom is -0.467 e. The van der Waals surface area contributed by atoms with Gasteiger partial charge in [0.1, 0.15) is 11.5 Å². The Morgan fingerprint density at radius 3 is 1.42 bits per heavy atom. The number of hydrogen-bond acceptors (Lipinski definition) is 4. The number of ether oxygens (including phenoxy) is 4. The molecule has 2 aliphatic rings. The molecule has 0 fully saturated rings. The van der Waals surface area contributed by atoms with Gasteiger partial charge in [0.25, 0.3) is 11.2 Å². The van der Waals surface area contributed by atoms with Crippen LogP contribution in [-0.2, 0) is 20.7 Å². The SMILES string of the molecule is FC(F)(F)C1(C(F)(F)F)OC(Cl)(Cl)Oc2ccccc21.FC(F)(F)C1(C(F)(F)F)OCOc2ccccc21. The summed E-state index contributed by atoms with van der Waals surface area (Å²) in [5, 5.41) is 0. The van der Waals surface area contributed by atoms with Gasteiger partial charge in [-0.2, -0.15) is 52.7 Å². The summed E-state index contributed by atoms with van der Waals surface area (Å²) in [5.41, 5.74) is -11.4. The summed E-state index contributed by atoms with van der Waals surface area (Å²) >= 11 is 10.4. The molecule has 0 aliphatic carbocycles. The van der Waals surface area contributed by atoms with Crippen LogP contribution >= 0.6 is 23.2 Å². The van der Waals surface area contributed by atoms with E-state index >= 15 is 0 Å². The highest BCUT2D eigenvalue weighted by atomic mass is 35.5. The number of benzene rings is 2. The number of fused-ring (bicyclic) bond motifs is 2. The summed E-state index contributed by atoms with van der Waals surface area (Å²) in [5.74, 6) is -1.25. The average Bonchev–Trinajstić information content (AvgIpc) is 2.74. The van der Waals surface area contributed by atoms with Gasteiger partial charge in [0.15, 0.2) is 6.79 Å². The van der Waals surface area contributed by atoms with Crippen molar-refractivity contribution in [3.8, 4) is 11.5 Å². The van der Waals surface area contributed by atoms with Crippen molar-refractivity contribution in [1.29, 1.82) is 0 Å². The molecule has 2 aliphatic heterocycles. The second-order valence-corrected chi connectivity index (χ2v) is 8.61. The van der Waals surface area contributed by atoms with Gasteiger partial charge in [0.2, 0.25) is 0 Å². The quantitative estimate of drug-likeness (QED) is 0.224. The first-order valence-corrected chi connectivity index (χ1v) is 10.4. The Balaban J connectivity index is 0.000000212. The maximum atomic E-state index is 13.1. The predicted molar refractivity (Wildman–Crippen MR) is 103 cm³/mol. The lowest BCUT2D eigenvalue weighted by molar-refractivity contribution is -0.416. The molecule has 2 aromatic carbocycles. The second kappa shape index (κ2) is 9.41. The molecule has 0 radical (unpaired) electrons. The molecule has 0 saturated heterocycles. The fraction of sp³-hybridized carbons (Fsp3) is 0.400. The van der Waals surface area contributed by atoms with Crippen molar-refractivity contribution in [2.24, 2.45) is 0 Å². The van der Waals surface area contributed by atoms with Crippen molar-refractivity contribution in [3.05, 3.63) is 59.7 Å². The third-order valence-corrected chi connectivity index (χ3v) is 5.43. The van der Waals surface area contributed by atoms with Crippen LogP contribution in [0.5, 0.6) is 11.5 Å². The molecular weight excluding hydrogens is 603 g/mol. The summed E-state index contributed by atoms with van der Waals surface area (Å²) in [4.78, 5) is 0. The van der Waals surface area contributed by atoms with Gasteiger partial charge in [-0.3, -0.25) is 4.74 Å². The first kappa shape index (κ1) is 30.2. The van der Waals surface area contributed by atoms with Crippen molar-refractivity contribution in [3.63, 3.8) is 0 Å². The van der Waals surface area contributed by atoms with Crippen molar-refractivity contribution < 1.29 is 71.6 Å². The van der Waals surface area contributed by atoms with Gasteiger partial charge in [-0.25, -0.2) is 0 Å². The van der Waals surface area contributed by atoms with Crippen LogP contribution in [0.25, 0.3) is 0 Å². The minimum absolute atomic E-state index is 0.488. The molecule has 18 heteroatoms. The van der Waals surface area contributed by atoms with E-state index in [4.69, 9.17) is 23.2 Å². The monoisotopic (exact) mass is 612 g/mol. The van der Waals surface area contributed by atoms with Gasteiger partial charge in [0, 0.05) is 11.1 Å². The average molecular weight is 613 g/mol. The van der Waals surface area contributed by atoms with E-state index in [2.05, 4.69) is 18.9 Å². The summed E-state index contributed by atoms with van der Waals surface area (Å²) < 4.78 is 170. The third-order valence-electron chi connectivity index (χ3n) is 5.12. The van der Waals surface area contributed by atoms with E-state index in [-0.39, 0.29) is 0 Å². The van der Waals surface area contributed by atoms with Crippen LogP contribution in [0.15, 0.2) is 48.5 Å². The van der Waals surface area contributed by atoms with E-state index < -0.39 is 70.0 Å². The molecule has 0 spiro atoms. The van der Waals surface area contributed by atoms with Gasteiger partial charge in [-0.05, 0) is 35.3 Å². The minimum atomic E-state index is -5.85. The first-order chi connectivity index (χ1) is 17.1. The molecule has 38 heavy (non-hydrogen) atoms. The zero-order valence-corrected chi connectivity index (χ0v) is 19.3. The van der Waals surface area contributed by atoms with E-state index in [0.29, 0.717) is 12.1 Å². The molecule has 4 rings (SSSR count). The molecule has 0 N–H and O–H groups in total. The lowest BCUT2D eigenvalue weighted by Crippen LogP contribution is -2.61. The van der Waals surface area contributed by atoms with Gasteiger partial charge in [-0.1, -0.05) is 36.4 Å². The molecule has 2 heterocycles. The maximum Gasteiger partial charge on any atom is 0.431 e. The van der Waals surface area contributed by atoms with E-state index in [0.717, 1.165) is 24.3 Å². The lowest BCUT2D eigenvalue weighted by atomic mass is 9.90. The van der Waals surface area contributed by atoms with Crippen LogP contribution in [-0.4, -0.2) is 36.2 Å². The molecule has 0 bridgehead atoms. The highest BCUT2D eigenvalue weighted by Gasteiger charge is 2.78. The molecule has 0 atom stereocenters. The normalized spacial score (nSPS) is 20.1. The van der Waals surface area contributed by atoms with E-state index in [9.17, 15) is 52.7 Å². The number of rotatable bonds is 0. The number of halogens is 14. The van der Waals surface area contributed by atoms with Crippen LogP contribution < -0.4 is 9.47 Å². The van der Waals surface area contributed by atoms with E-state index in [1.807, 2.05) is 0 Å². The van der Waals surface area contributed by atoms with Gasteiger partial charge in [0.05, 0.1) is 0 Å². The zero-order valence-electron chi connectivity index (χ0n) is 17.8. The number of para-hydroxylation sites is 2. The van der Waals surface area contributed by atoms with E-state index in [1.54, 1.807) is 0 Å². The van der Waals surface area contributed by atoms with Crippen LogP contribution in [0, 0.1) is 0 Å². The summed E-state index contributed by atoms with van der Waals surface area (Å²) in [6.07, 6.45) is -23.0. The Kier molecular flexibility index (Phi) is 7.49. The van der Waals surface area contributed by atoms with Crippen LogP contribution in [0.2, 0.25) is 0 Å². The molecule has 0 aromatic heterocycles. The third kappa shape index (κ3) is 4.91. The van der Waals surface area contributed by atoms with Gasteiger partial charge >= 0.3 is 29.4 Å². The largest absolute Gasteiger partial charge is 0.467 e. The molecule has 4 nitrogen and oxygen atoms in total. The molecule has 0 amide bonds. The second-order valence-electron chi connectivity index (χ2n) is 7.42. The Morgan fingerprint density at radius 2 is 0.974 bits per heavy atom. The lowest BCUT2D eigenvalue weighted by Gasteiger charge is -2.44. The molecular formula is C20H10Cl2F12O4. The Bertz CT molecular complexity index is 1130. The highest BCUT2D eigenvalue weighted by molar-refractivity contribution is 6.46. The summed E-state index contributed by atoms with van der Waals surface area (Å²) in [7, 11) is 0. The van der Waals surface area contributed by atoms with Gasteiger partial charge < -0.3 is 14.2 Å². The predicted octanol–water partition coefficient (Wildman–Crippen LogP) is 7.88. The number of alkyl halides is 14. The maximum absolute atomic E-state index is 13.1. The molecule has 0 unspecified atom stereocenters. The van der Waals surface area contributed by atoms with Crippen molar-refractivity contribution in [2.75, 3.05) is 6.79 Å². The van der Waals surface area contributed by atoms with Crippen molar-refractivity contribution in [2.45, 2.75) is 40.6 Å². The topological polar surface area (TPSA) is 36.9 Å². The fourth-order valence-electron chi connectivity index (χ4n) is 3.58. The van der Waals surface area contributed by atoms with Crippen LogP contribution in [0.1, 0.15) is 11.1 Å². The van der Waals surface area contributed by atoms with E-state index in [1.165, 1.54) is 12.1 Å². The molecule has 2 aromatic rings. The highest BCUT2D eigenvalue weighted by Crippen LogP contribution is 2.60. The molecule has 212 valence electrons. The van der Waals surface area contributed by atoms with Gasteiger partial charge in [-0.15, -0.1) is 0 Å². The number of hydrogen-bond donors (Lipinski definition) is 0. The zero-order chi connectivity index (χ0) is 29.0. The van der Waals surface area contributed by atoms with Crippen molar-refractivity contribution >= 4 is 23.2 Å². The fourth-order valence-corrected chi connectivity index (χ4v) is 3.98. The summed E-state index contributed by atoms with van der Waals surface area (Å²) in [6, 6.07) is 7.67. The standard InChI is InChI=1S/C10H4Cl2F6O2.C10H6F6O2/c11-10(12)19-6-4-2-1-3-5(6)7(20-10,8(13,14)15)9(16,17)18;11-9(12,13)8(10(14,15)16)6-3-1-2-4-7(6)17-5-18-8/h1-4H;1-4H,5H2. The van der Waals surface area contributed by atoms with Crippen molar-refractivity contribution in [1.82, 2.24) is 0 Å². The smallest absolute Gasteiger partial charge is 0.431 e. The van der Waals surface area contributed by atoms with Crippen LogP contribution in [0.4, 0.5) is 52.7 Å². The Labute approximate surface area is 213 Å². The summed E-state index contributed by atoms with van der Waals surface area (Å²) in [6.45, 7) is -1.12. The first-order valence-electron chi connectivity index (χ1n) is 9.60. The van der Waals surface area contributed by atoms with Crippen LogP contribution in [0.3, 0.4) is 0 Å². The Hall–Kier alpha value is -2.30.